The van der Waals surface area contributed by atoms with Gasteiger partial charge in [0.25, 0.3) is 0 Å². The number of rotatable bonds is 8. The zero-order valence-electron chi connectivity index (χ0n) is 45.4. The normalized spacial score (nSPS) is 15.8. The molecule has 0 fully saturated rings. The summed E-state index contributed by atoms with van der Waals surface area (Å²) in [7, 11) is 0. The molecule has 8 aromatic rings. The van der Waals surface area contributed by atoms with Crippen LogP contribution in [0.5, 0.6) is 0 Å². The summed E-state index contributed by atoms with van der Waals surface area (Å²) < 4.78 is 103. The molecular formula is C53H53IrN3O-2. The number of pyridine rings is 3. The molecular weight excluding hydrogens is 887 g/mol. The van der Waals surface area contributed by atoms with Gasteiger partial charge < -0.3 is 14.4 Å². The average Bonchev–Trinajstić information content (AvgIpc) is 3.66. The van der Waals surface area contributed by atoms with E-state index in [0.717, 1.165) is 22.1 Å². The van der Waals surface area contributed by atoms with Crippen LogP contribution < -0.4 is 0 Å². The Morgan fingerprint density at radius 2 is 1.33 bits per heavy atom. The Morgan fingerprint density at radius 3 is 2.00 bits per heavy atom. The Hall–Kier alpha value is -5.22. The van der Waals surface area contributed by atoms with E-state index in [1.807, 2.05) is 84.0 Å². The van der Waals surface area contributed by atoms with Crippen LogP contribution in [0.25, 0.3) is 55.7 Å². The first-order valence-electron chi connectivity index (χ1n) is 24.9. The fourth-order valence-corrected chi connectivity index (χ4v) is 6.36. The van der Waals surface area contributed by atoms with Crippen molar-refractivity contribution in [2.45, 2.75) is 80.8 Å². The molecule has 4 aromatic carbocycles. The molecule has 0 aliphatic rings. The van der Waals surface area contributed by atoms with E-state index >= 15 is 0 Å². The van der Waals surface area contributed by atoms with Gasteiger partial charge in [-0.15, -0.1) is 53.6 Å². The largest absolute Gasteiger partial charge is 0.486 e. The Morgan fingerprint density at radius 1 is 0.638 bits per heavy atom. The van der Waals surface area contributed by atoms with Gasteiger partial charge in [-0.2, -0.15) is 0 Å². The number of nitrogens with zero attached hydrogens (tertiary/aromatic N) is 3. The third-order valence-corrected chi connectivity index (χ3v) is 8.87. The van der Waals surface area contributed by atoms with E-state index in [9.17, 15) is 0 Å². The minimum atomic E-state index is -2.35. The molecule has 0 saturated carbocycles. The zero-order chi connectivity index (χ0) is 50.5. The molecule has 0 bridgehead atoms. The van der Waals surface area contributed by atoms with E-state index in [4.69, 9.17) is 20.9 Å². The molecule has 0 atom stereocenters. The van der Waals surface area contributed by atoms with Crippen LogP contribution in [0.2, 0.25) is 0 Å². The predicted octanol–water partition coefficient (Wildman–Crippen LogP) is 13.6. The predicted molar refractivity (Wildman–Crippen MR) is 237 cm³/mol. The van der Waals surface area contributed by atoms with Crippen LogP contribution in [0.4, 0.5) is 0 Å². The molecule has 297 valence electrons. The molecule has 58 heavy (non-hydrogen) atoms. The molecule has 4 heterocycles. The van der Waals surface area contributed by atoms with E-state index in [1.165, 1.54) is 12.1 Å². The van der Waals surface area contributed by atoms with Crippen molar-refractivity contribution < 1.29 is 41.0 Å². The third kappa shape index (κ3) is 11.0. The van der Waals surface area contributed by atoms with Gasteiger partial charge in [-0.1, -0.05) is 126 Å². The van der Waals surface area contributed by atoms with E-state index in [0.29, 0.717) is 50.2 Å². The van der Waals surface area contributed by atoms with Gasteiger partial charge in [0.05, 0.1) is 5.58 Å². The Labute approximate surface area is 375 Å². The van der Waals surface area contributed by atoms with Gasteiger partial charge in [0.15, 0.2) is 0 Å². The molecule has 4 aromatic heterocycles. The van der Waals surface area contributed by atoms with Gasteiger partial charge in [-0.25, -0.2) is 4.98 Å². The second-order valence-electron chi connectivity index (χ2n) is 16.0. The number of aryl methyl sites for hydroxylation is 4. The topological polar surface area (TPSA) is 51.8 Å². The maximum absolute atomic E-state index is 8.78. The number of aromatic nitrogens is 3. The van der Waals surface area contributed by atoms with Crippen LogP contribution in [0.3, 0.4) is 0 Å². The summed E-state index contributed by atoms with van der Waals surface area (Å²) in [6.07, 6.45) is -1.31. The third-order valence-electron chi connectivity index (χ3n) is 8.87. The first-order valence-corrected chi connectivity index (χ1v) is 18.9. The van der Waals surface area contributed by atoms with Crippen molar-refractivity contribution in [2.75, 3.05) is 0 Å². The Kier molecular flexibility index (Phi) is 9.09. The standard InChI is InChI=1S/C30H29N2O.C23H24N.Ir/c1-20-8-15-25-24-6-5-7-26(28(24)33-29(25)32-20)27-18-22(16-17-31-27)12-9-21-10-13-23(14-11-21)19-30(2,3)4;1-17-5-9-20(10-6-17)22-15-21(13-14-24-22)19-11-7-18(8-12-19)16-23(2,3)4;/h5-6,8,10-11,13-18H,9,12,19H2,1-4H3;5-9,11-15H,16H2,1-4H3;/q2*-1;/i1D3,9D2,19D2;1D3,16D2;. The number of hydrogen-bond donors (Lipinski definition) is 0. The first-order chi connectivity index (χ1) is 32.0. The number of furan rings is 1. The fourth-order valence-electron chi connectivity index (χ4n) is 6.36. The summed E-state index contributed by atoms with van der Waals surface area (Å²) in [6.45, 7) is 6.71. The SMILES string of the molecule is [2H]C([2H])([2H])c1c[c-]c(-c2cc(-c3ccc(C([2H])([2H])C(C)(C)C)cc3)ccn2)cc1.[2H]C([2H])([2H])c1ccc2c(n1)oc1c(-c3cc(CC([2H])([2H])c4ccc(C([2H])([2H])C(C)(C)C)cc4)ccn3)[c-]ccc12.[Ir]. The van der Waals surface area contributed by atoms with Gasteiger partial charge in [-0.05, 0) is 107 Å². The van der Waals surface area contributed by atoms with Crippen molar-refractivity contribution >= 4 is 22.1 Å². The summed E-state index contributed by atoms with van der Waals surface area (Å²) in [5.74, 6) is 0. The van der Waals surface area contributed by atoms with E-state index in [-0.39, 0.29) is 43.5 Å². The van der Waals surface area contributed by atoms with Gasteiger partial charge in [0, 0.05) is 60.0 Å². The van der Waals surface area contributed by atoms with Crippen molar-refractivity contribution in [3.05, 3.63) is 173 Å². The van der Waals surface area contributed by atoms with Crippen molar-refractivity contribution in [3.8, 4) is 33.6 Å². The van der Waals surface area contributed by atoms with Crippen molar-refractivity contribution in [3.63, 3.8) is 0 Å². The molecule has 4 nitrogen and oxygen atoms in total. The minimum absolute atomic E-state index is 0. The second kappa shape index (κ2) is 18.1. The van der Waals surface area contributed by atoms with Crippen LogP contribution in [-0.4, -0.2) is 15.0 Å². The summed E-state index contributed by atoms with van der Waals surface area (Å²) in [5, 5.41) is 1.44. The monoisotopic (exact) mass is 952 g/mol. The minimum Gasteiger partial charge on any atom is -0.486 e. The molecule has 0 N–H and O–H groups in total. The average molecular weight is 952 g/mol. The van der Waals surface area contributed by atoms with Gasteiger partial charge in [-0.3, -0.25) is 0 Å². The van der Waals surface area contributed by atoms with Gasteiger partial charge in [0.1, 0.15) is 0 Å². The molecule has 0 aliphatic heterocycles. The van der Waals surface area contributed by atoms with Crippen LogP contribution in [-0.2, 0) is 45.6 Å². The van der Waals surface area contributed by atoms with Crippen molar-refractivity contribution in [1.29, 1.82) is 0 Å². The molecule has 0 saturated heterocycles. The van der Waals surface area contributed by atoms with E-state index in [2.05, 4.69) is 27.1 Å². The summed E-state index contributed by atoms with van der Waals surface area (Å²) >= 11 is 0. The summed E-state index contributed by atoms with van der Waals surface area (Å²) in [5.41, 5.74) is 6.58. The maximum Gasteiger partial charge on any atom is 0.216 e. The first kappa shape index (κ1) is 29.1. The molecule has 0 unspecified atom stereocenters. The fraction of sp³-hybridized carbons (Fsp3) is 0.264. The molecule has 1 radical (unpaired) electrons. The Balaban J connectivity index is 0.000000238. The smallest absolute Gasteiger partial charge is 0.216 e. The quantitative estimate of drug-likeness (QED) is 0.142. The van der Waals surface area contributed by atoms with Crippen LogP contribution >= 0.6 is 0 Å². The summed E-state index contributed by atoms with van der Waals surface area (Å²) in [6, 6.07) is 39.2. The molecule has 8 rings (SSSR count). The van der Waals surface area contributed by atoms with E-state index < -0.39 is 43.7 Å². The van der Waals surface area contributed by atoms with Crippen LogP contribution in [0, 0.1) is 36.7 Å². The number of fused-ring (bicyclic) bond motifs is 3. The van der Waals surface area contributed by atoms with Crippen molar-refractivity contribution in [1.82, 2.24) is 15.0 Å². The molecule has 0 amide bonds. The van der Waals surface area contributed by atoms with Gasteiger partial charge in [0.2, 0.25) is 5.71 Å². The van der Waals surface area contributed by atoms with E-state index in [1.54, 1.807) is 73.1 Å². The zero-order valence-corrected chi connectivity index (χ0v) is 35.8. The molecule has 5 heteroatoms. The van der Waals surface area contributed by atoms with Crippen LogP contribution in [0.15, 0.2) is 132 Å². The second-order valence-corrected chi connectivity index (χ2v) is 16.0. The molecule has 0 spiro atoms. The maximum atomic E-state index is 8.78. The van der Waals surface area contributed by atoms with Gasteiger partial charge >= 0.3 is 0 Å². The Bertz CT molecular complexity index is 3100. The summed E-state index contributed by atoms with van der Waals surface area (Å²) in [4.78, 5) is 13.1. The number of benzene rings is 4. The van der Waals surface area contributed by atoms with Crippen molar-refractivity contribution in [2.24, 2.45) is 10.8 Å². The molecule has 0 aliphatic carbocycles. The number of hydrogen-bond acceptors (Lipinski definition) is 4. The van der Waals surface area contributed by atoms with Crippen LogP contribution in [0.1, 0.15) is 91.5 Å².